The average Bonchev–Trinajstić information content (AvgIpc) is 3.81. The van der Waals surface area contributed by atoms with Crippen LogP contribution in [0.3, 0.4) is 0 Å². The molecule has 0 spiro atoms. The Morgan fingerprint density at radius 1 is 1.14 bits per heavy atom. The lowest BCUT2D eigenvalue weighted by Crippen LogP contribution is -2.59. The van der Waals surface area contributed by atoms with Crippen LogP contribution in [-0.4, -0.2) is 121 Å². The van der Waals surface area contributed by atoms with Crippen LogP contribution in [0.1, 0.15) is 91.5 Å². The number of methoxy groups -OCH3 is 2. The molecule has 6 unspecified atom stereocenters. The van der Waals surface area contributed by atoms with E-state index in [0.717, 1.165) is 12.2 Å². The summed E-state index contributed by atoms with van der Waals surface area (Å²) in [6.07, 6.45) is 5.95. The predicted molar refractivity (Wildman–Crippen MR) is 218 cm³/mol. The molecule has 16 nitrogen and oxygen atoms in total. The van der Waals surface area contributed by atoms with Crippen molar-refractivity contribution in [2.24, 2.45) is 5.92 Å². The number of amides is 5. The molecule has 0 saturated carbocycles. The number of epoxide rings is 1. The highest BCUT2D eigenvalue weighted by Gasteiger charge is 2.64. The first-order valence-corrected chi connectivity index (χ1v) is 20.3. The number of halogens is 1. The second-order valence-corrected chi connectivity index (χ2v) is 15.7. The van der Waals surface area contributed by atoms with Crippen molar-refractivity contribution >= 4 is 47.3 Å². The number of esters is 1. The van der Waals surface area contributed by atoms with E-state index in [9.17, 15) is 33.9 Å². The van der Waals surface area contributed by atoms with E-state index in [4.69, 9.17) is 35.3 Å². The highest BCUT2D eigenvalue weighted by atomic mass is 35.5. The Kier molecular flexibility index (Phi) is 18.4. The minimum atomic E-state index is -1.91. The van der Waals surface area contributed by atoms with Crippen LogP contribution < -0.4 is 15.4 Å². The molecule has 3 fully saturated rings. The third-order valence-corrected chi connectivity index (χ3v) is 11.2. The summed E-state index contributed by atoms with van der Waals surface area (Å²) in [5.41, 5.74) is 1.41. The lowest BCUT2D eigenvalue weighted by Gasteiger charge is -2.37. The topological polar surface area (TPSA) is 203 Å². The summed E-state index contributed by atoms with van der Waals surface area (Å²) >= 11 is 5.97. The molecule has 3 N–H and O–H groups in total. The molecule has 7 atom stereocenters. The summed E-state index contributed by atoms with van der Waals surface area (Å²) in [7, 11) is 5.82. The van der Waals surface area contributed by atoms with Gasteiger partial charge >= 0.3 is 12.1 Å². The van der Waals surface area contributed by atoms with E-state index in [1.54, 1.807) is 21.0 Å². The first-order chi connectivity index (χ1) is 27.8. The van der Waals surface area contributed by atoms with Crippen LogP contribution in [0.2, 0.25) is 5.02 Å². The van der Waals surface area contributed by atoms with Crippen molar-refractivity contribution in [1.29, 1.82) is 0 Å². The Morgan fingerprint density at radius 3 is 2.42 bits per heavy atom. The van der Waals surface area contributed by atoms with Crippen LogP contribution in [0.5, 0.6) is 5.75 Å². The van der Waals surface area contributed by atoms with Crippen molar-refractivity contribution in [2.45, 2.75) is 128 Å². The van der Waals surface area contributed by atoms with Crippen LogP contribution in [0.15, 0.2) is 42.0 Å². The summed E-state index contributed by atoms with van der Waals surface area (Å²) in [4.78, 5) is 76.3. The van der Waals surface area contributed by atoms with Crippen molar-refractivity contribution < 1.29 is 57.6 Å². The van der Waals surface area contributed by atoms with Gasteiger partial charge in [0.25, 0.3) is 5.91 Å². The molecule has 1 aromatic rings. The lowest BCUT2D eigenvalue weighted by atomic mass is 9.86. The lowest BCUT2D eigenvalue weighted by molar-refractivity contribution is -0.237. The zero-order chi connectivity index (χ0) is 44.1. The van der Waals surface area contributed by atoms with Crippen LogP contribution in [0, 0.1) is 5.92 Å². The number of imide groups is 1. The quantitative estimate of drug-likeness (QED) is 0.0437. The summed E-state index contributed by atoms with van der Waals surface area (Å²) in [5.74, 6) is -3.36. The van der Waals surface area contributed by atoms with Crippen LogP contribution in [-0.2, 0) is 49.3 Å². The third-order valence-electron chi connectivity index (χ3n) is 10.9. The highest BCUT2D eigenvalue weighted by molar-refractivity contribution is 6.32. The molecule has 3 saturated heterocycles. The zero-order valence-corrected chi connectivity index (χ0v) is 36.4. The summed E-state index contributed by atoms with van der Waals surface area (Å²) < 4.78 is 27.3. The number of alkyl carbamates (subject to hydrolysis) is 1. The van der Waals surface area contributed by atoms with E-state index in [0.29, 0.717) is 30.8 Å². The van der Waals surface area contributed by atoms with E-state index in [2.05, 4.69) is 23.6 Å². The fourth-order valence-electron chi connectivity index (χ4n) is 6.91. The molecule has 0 aliphatic carbocycles. The number of likely N-dealkylation sites (N-methyl/N-ethyl adjacent to an activating group) is 1. The maximum absolute atomic E-state index is 13.2. The third kappa shape index (κ3) is 13.8. The van der Waals surface area contributed by atoms with Gasteiger partial charge in [-0.3, -0.25) is 29.4 Å². The van der Waals surface area contributed by atoms with E-state index >= 15 is 0 Å². The maximum atomic E-state index is 13.2. The first kappa shape index (κ1) is 48.9. The summed E-state index contributed by atoms with van der Waals surface area (Å²) in [6.45, 7) is 9.42. The van der Waals surface area contributed by atoms with Gasteiger partial charge in [-0.05, 0) is 64.7 Å². The predicted octanol–water partition coefficient (Wildman–Crippen LogP) is 4.59. The van der Waals surface area contributed by atoms with Crippen molar-refractivity contribution in [3.05, 3.63) is 52.6 Å². The molecule has 3 aliphatic heterocycles. The van der Waals surface area contributed by atoms with Crippen molar-refractivity contribution in [2.75, 3.05) is 34.9 Å². The molecule has 3 heterocycles. The van der Waals surface area contributed by atoms with Crippen LogP contribution >= 0.6 is 11.6 Å². The van der Waals surface area contributed by atoms with Crippen LogP contribution in [0.4, 0.5) is 4.79 Å². The Hall–Kier alpha value is -4.51. The van der Waals surface area contributed by atoms with Crippen molar-refractivity contribution in [3.63, 3.8) is 0 Å². The number of nitrogens with one attached hydrogen (secondary N) is 2. The largest absolute Gasteiger partial charge is 0.495 e. The van der Waals surface area contributed by atoms with E-state index < -0.39 is 59.8 Å². The van der Waals surface area contributed by atoms with Crippen molar-refractivity contribution in [1.82, 2.24) is 20.4 Å². The van der Waals surface area contributed by atoms with Gasteiger partial charge in [0.1, 0.15) is 29.6 Å². The van der Waals surface area contributed by atoms with E-state index in [1.165, 1.54) is 49.1 Å². The molecule has 1 aromatic carbocycles. The molecule has 328 valence electrons. The Morgan fingerprint density at radius 2 is 1.81 bits per heavy atom. The Bertz CT molecular complexity index is 1720. The number of hydrogen-bond acceptors (Lipinski definition) is 12. The standard InChI is InChI=1S/C28H44N4O11.C14H17ClO/c1-16(18-15-28(39,40-6)30-26(38)41-18)24-27(3,43-24)19(14-20(33)29-4)42-25(37)17(2)31(5)21(34)10-8-7-9-13-32-22(35)11-12-23(32)36;1-4-5-6-11(2)9-12-7-8-13(15)14(10-12)16-3/h16-19,24,39H,7-15H2,1-6H3,(H,29,33)(H,30,38);4-8,10H,9H2,1-3H3/b;5-4+,11-6+/t16?,17-,18?,19?,24?,27?,28?;/m0./s1. The van der Waals surface area contributed by atoms with Gasteiger partial charge in [0.15, 0.2) is 0 Å². The zero-order valence-electron chi connectivity index (χ0n) is 35.6. The number of nitrogens with zero attached hydrogens (tertiary/aromatic N) is 2. The number of ether oxygens (including phenoxy) is 5. The molecule has 3 aliphatic rings. The number of likely N-dealkylation sites (tertiary alicyclic amines) is 1. The number of unbranched alkanes of at least 4 members (excludes halogenated alkanes) is 2. The molecular weight excluding hydrogens is 788 g/mol. The first-order valence-electron chi connectivity index (χ1n) is 19.9. The second-order valence-electron chi connectivity index (χ2n) is 15.3. The molecule has 4 rings (SSSR count). The molecule has 59 heavy (non-hydrogen) atoms. The Balaban J connectivity index is 0.000000486. The van der Waals surface area contributed by atoms with Gasteiger partial charge in [-0.1, -0.05) is 54.8 Å². The number of cyclic esters (lactones) is 1. The number of aliphatic hydroxyl groups is 1. The minimum absolute atomic E-state index is 0.0787. The van der Waals surface area contributed by atoms with Gasteiger partial charge in [0.2, 0.25) is 23.6 Å². The smallest absolute Gasteiger partial charge is 0.411 e. The van der Waals surface area contributed by atoms with Crippen LogP contribution in [0.25, 0.3) is 0 Å². The number of hydrogen-bond donors (Lipinski definition) is 3. The van der Waals surface area contributed by atoms with Gasteiger partial charge in [-0.2, -0.15) is 0 Å². The fraction of sp³-hybridized carbons (Fsp3) is 0.619. The molecule has 0 radical (unpaired) electrons. The van der Waals surface area contributed by atoms with Gasteiger partial charge in [0, 0.05) is 52.9 Å². The van der Waals surface area contributed by atoms with Gasteiger partial charge in [0.05, 0.1) is 31.1 Å². The molecule has 5 amide bonds. The van der Waals surface area contributed by atoms with Gasteiger partial charge in [-0.25, -0.2) is 9.59 Å². The number of carbonyl (C=O) groups excluding carboxylic acids is 6. The van der Waals surface area contributed by atoms with Gasteiger partial charge < -0.3 is 39.0 Å². The normalized spacial score (nSPS) is 24.3. The molecule has 0 aromatic heterocycles. The van der Waals surface area contributed by atoms with Gasteiger partial charge in [-0.15, -0.1) is 0 Å². The number of allylic oxidation sites excluding steroid dienone is 4. The Labute approximate surface area is 351 Å². The summed E-state index contributed by atoms with van der Waals surface area (Å²) in [5, 5.41) is 15.8. The maximum Gasteiger partial charge on any atom is 0.411 e. The minimum Gasteiger partial charge on any atom is -0.495 e. The number of rotatable bonds is 19. The molecule has 0 bridgehead atoms. The fourth-order valence-corrected chi connectivity index (χ4v) is 7.11. The average molecular weight is 849 g/mol. The number of benzene rings is 1. The number of carbonyl (C=O) groups is 6. The monoisotopic (exact) mass is 848 g/mol. The second kappa shape index (κ2) is 22.2. The summed E-state index contributed by atoms with van der Waals surface area (Å²) in [6, 6.07) is 4.92. The highest BCUT2D eigenvalue weighted by Crippen LogP contribution is 2.48. The molecule has 17 heteroatoms. The van der Waals surface area contributed by atoms with Crippen molar-refractivity contribution in [3.8, 4) is 5.75 Å². The van der Waals surface area contributed by atoms with E-state index in [1.807, 2.05) is 37.3 Å². The van der Waals surface area contributed by atoms with E-state index in [-0.39, 0.29) is 49.8 Å². The SMILES string of the molecule is C/C=C/C=C(\C)Cc1ccc(Cl)c(OC)c1.CNC(=O)CC(OC(=O)[C@H](C)N(C)C(=O)CCCCCN1C(=O)CCC1=O)C1(C)OC1C(C)C1CC(O)(OC)NC(=O)O1. The molecular formula is C42H61ClN4O12.